The summed E-state index contributed by atoms with van der Waals surface area (Å²) in [7, 11) is -2.45. The summed E-state index contributed by atoms with van der Waals surface area (Å²) < 4.78 is 23.9. The van der Waals surface area contributed by atoms with Gasteiger partial charge >= 0.3 is 0 Å². The summed E-state index contributed by atoms with van der Waals surface area (Å²) in [6.07, 6.45) is 3.79. The molecule has 3 N–H and O–H groups in total. The molecule has 0 aliphatic heterocycles. The molecule has 2 rings (SSSR count). The van der Waals surface area contributed by atoms with Crippen LogP contribution in [0.3, 0.4) is 0 Å². The van der Waals surface area contributed by atoms with Crippen LogP contribution in [0.5, 0.6) is 0 Å². The Bertz CT molecular complexity index is 709. The number of carbonyl (C=O) groups excluding carboxylic acids is 1. The zero-order valence-corrected chi connectivity index (χ0v) is 10.6. The second-order valence-electron chi connectivity index (χ2n) is 3.65. The third kappa shape index (κ3) is 2.92. The molecule has 2 heterocycles. The summed E-state index contributed by atoms with van der Waals surface area (Å²) in [5.74, 6) is -0.690. The first-order valence-electron chi connectivity index (χ1n) is 5.02. The van der Waals surface area contributed by atoms with E-state index in [0.29, 0.717) is 0 Å². The smallest absolute Gasteiger partial charge is 0.258 e. The van der Waals surface area contributed by atoms with Gasteiger partial charge in [0.25, 0.3) is 5.91 Å². The lowest BCUT2D eigenvalue weighted by Crippen LogP contribution is -2.18. The maximum atomic E-state index is 11.8. The number of hydrogen-bond acceptors (Lipinski definition) is 6. The van der Waals surface area contributed by atoms with Crippen molar-refractivity contribution in [2.45, 2.75) is 4.90 Å². The number of anilines is 1. The molecule has 0 unspecified atom stereocenters. The first-order chi connectivity index (χ1) is 8.88. The highest BCUT2D eigenvalue weighted by Gasteiger charge is 2.20. The maximum Gasteiger partial charge on any atom is 0.258 e. The van der Waals surface area contributed by atoms with Gasteiger partial charge in [-0.05, 0) is 6.07 Å². The molecule has 10 heteroatoms. The standard InChI is InChI=1S/C9H10N6O3S/c1-15-5-7(19(10,17)18)8(14-15)13-9(16)6-2-3-11-12-4-6/h2-5H,1H3,(H2,10,17,18)(H,13,14,16). The quantitative estimate of drug-likeness (QED) is 0.750. The Kier molecular flexibility index (Phi) is 3.27. The number of rotatable bonds is 3. The first kappa shape index (κ1) is 13.1. The van der Waals surface area contributed by atoms with E-state index in [2.05, 4.69) is 20.6 Å². The maximum absolute atomic E-state index is 11.8. The average Bonchev–Trinajstić information content (AvgIpc) is 2.71. The minimum absolute atomic E-state index is 0.133. The number of primary sulfonamides is 1. The van der Waals surface area contributed by atoms with Gasteiger partial charge in [0.05, 0.1) is 18.0 Å². The lowest BCUT2D eigenvalue weighted by Gasteiger charge is -2.02. The Morgan fingerprint density at radius 2 is 2.16 bits per heavy atom. The normalized spacial score (nSPS) is 11.3. The van der Waals surface area contributed by atoms with Crippen molar-refractivity contribution in [3.05, 3.63) is 30.2 Å². The summed E-state index contributed by atoms with van der Waals surface area (Å²) in [6, 6.07) is 1.43. The van der Waals surface area contributed by atoms with Crippen molar-refractivity contribution in [2.24, 2.45) is 12.2 Å². The molecule has 9 nitrogen and oxygen atoms in total. The van der Waals surface area contributed by atoms with E-state index >= 15 is 0 Å². The van der Waals surface area contributed by atoms with Crippen LogP contribution in [0.15, 0.2) is 29.6 Å². The predicted octanol–water partition coefficient (Wildman–Crippen LogP) is -0.890. The minimum Gasteiger partial charge on any atom is -0.304 e. The number of nitrogens with zero attached hydrogens (tertiary/aromatic N) is 4. The van der Waals surface area contributed by atoms with Crippen molar-refractivity contribution in [1.29, 1.82) is 0 Å². The highest BCUT2D eigenvalue weighted by molar-refractivity contribution is 7.89. The van der Waals surface area contributed by atoms with Crippen LogP contribution in [0.2, 0.25) is 0 Å². The van der Waals surface area contributed by atoms with Crippen molar-refractivity contribution >= 4 is 21.7 Å². The molecule has 2 aromatic rings. The molecule has 100 valence electrons. The molecular weight excluding hydrogens is 272 g/mol. The Morgan fingerprint density at radius 3 is 2.74 bits per heavy atom. The van der Waals surface area contributed by atoms with Crippen LogP contribution in [0.1, 0.15) is 10.4 Å². The molecule has 0 aliphatic carbocycles. The van der Waals surface area contributed by atoms with Crippen LogP contribution in [0.25, 0.3) is 0 Å². The summed E-state index contributed by atoms with van der Waals surface area (Å²) in [6.45, 7) is 0. The van der Waals surface area contributed by atoms with Crippen LogP contribution >= 0.6 is 0 Å². The topological polar surface area (TPSA) is 133 Å². The number of amides is 1. The van der Waals surface area contributed by atoms with Gasteiger partial charge in [-0.3, -0.25) is 9.48 Å². The number of carbonyl (C=O) groups is 1. The third-order valence-corrected chi connectivity index (χ3v) is 3.09. The van der Waals surface area contributed by atoms with Gasteiger partial charge in [0.15, 0.2) is 5.82 Å². The van der Waals surface area contributed by atoms with Gasteiger partial charge in [-0.1, -0.05) is 0 Å². The van der Waals surface area contributed by atoms with Crippen molar-refractivity contribution < 1.29 is 13.2 Å². The second-order valence-corrected chi connectivity index (χ2v) is 5.18. The van der Waals surface area contributed by atoms with Crippen LogP contribution in [-0.2, 0) is 17.1 Å². The molecule has 0 fully saturated rings. The molecule has 0 aromatic carbocycles. The largest absolute Gasteiger partial charge is 0.304 e. The van der Waals surface area contributed by atoms with Gasteiger partial charge < -0.3 is 5.32 Å². The highest BCUT2D eigenvalue weighted by Crippen LogP contribution is 2.17. The van der Waals surface area contributed by atoms with Crippen molar-refractivity contribution in [3.8, 4) is 0 Å². The molecule has 19 heavy (non-hydrogen) atoms. The number of aromatic nitrogens is 4. The number of sulfonamides is 1. The highest BCUT2D eigenvalue weighted by atomic mass is 32.2. The van der Waals surface area contributed by atoms with Crippen LogP contribution in [-0.4, -0.2) is 34.3 Å². The average molecular weight is 282 g/mol. The van der Waals surface area contributed by atoms with Crippen molar-refractivity contribution in [1.82, 2.24) is 20.0 Å². The van der Waals surface area contributed by atoms with Gasteiger partial charge in [0, 0.05) is 13.2 Å². The Morgan fingerprint density at radius 1 is 1.42 bits per heavy atom. The lowest BCUT2D eigenvalue weighted by molar-refractivity contribution is 0.102. The summed E-state index contributed by atoms with van der Waals surface area (Å²) in [5.41, 5.74) is 0.223. The number of nitrogens with two attached hydrogens (primary N) is 1. The van der Waals surface area contributed by atoms with Crippen molar-refractivity contribution in [2.75, 3.05) is 5.32 Å². The molecule has 0 spiro atoms. The Hall–Kier alpha value is -2.33. The molecule has 0 saturated carbocycles. The van der Waals surface area contributed by atoms with E-state index in [0.717, 1.165) is 0 Å². The molecule has 1 amide bonds. The van der Waals surface area contributed by atoms with E-state index < -0.39 is 15.9 Å². The minimum atomic E-state index is -3.97. The van der Waals surface area contributed by atoms with E-state index in [1.54, 1.807) is 0 Å². The van der Waals surface area contributed by atoms with Crippen LogP contribution < -0.4 is 10.5 Å². The van der Waals surface area contributed by atoms with Gasteiger partial charge in [-0.2, -0.15) is 15.3 Å². The SMILES string of the molecule is Cn1cc(S(N)(=O)=O)c(NC(=O)c2ccnnc2)n1. The Balaban J connectivity index is 2.33. The molecule has 0 saturated heterocycles. The molecule has 0 aliphatic rings. The van der Waals surface area contributed by atoms with E-state index in [9.17, 15) is 13.2 Å². The van der Waals surface area contributed by atoms with Gasteiger partial charge in [-0.25, -0.2) is 13.6 Å². The fraction of sp³-hybridized carbons (Fsp3) is 0.111. The fourth-order valence-electron chi connectivity index (χ4n) is 1.37. The summed E-state index contributed by atoms with van der Waals surface area (Å²) in [4.78, 5) is 11.6. The zero-order chi connectivity index (χ0) is 14.0. The predicted molar refractivity (Wildman–Crippen MR) is 64.6 cm³/mol. The number of nitrogens with one attached hydrogen (secondary N) is 1. The fourth-order valence-corrected chi connectivity index (χ4v) is 2.03. The Labute approximate surface area is 108 Å². The molecule has 0 bridgehead atoms. The summed E-state index contributed by atoms with van der Waals surface area (Å²) in [5, 5.41) is 18.3. The number of hydrogen-bond donors (Lipinski definition) is 2. The molecule has 0 atom stereocenters. The molecular formula is C9H10N6O3S. The lowest BCUT2D eigenvalue weighted by atomic mass is 10.3. The van der Waals surface area contributed by atoms with Crippen LogP contribution in [0.4, 0.5) is 5.82 Å². The van der Waals surface area contributed by atoms with Gasteiger partial charge in [0.2, 0.25) is 10.0 Å². The van der Waals surface area contributed by atoms with E-state index in [4.69, 9.17) is 5.14 Å². The van der Waals surface area contributed by atoms with Crippen LogP contribution in [0, 0.1) is 0 Å². The van der Waals surface area contributed by atoms with Crippen molar-refractivity contribution in [3.63, 3.8) is 0 Å². The number of aryl methyl sites for hydroxylation is 1. The first-order valence-corrected chi connectivity index (χ1v) is 6.57. The van der Waals surface area contributed by atoms with Gasteiger partial charge in [0.1, 0.15) is 4.90 Å². The third-order valence-electron chi connectivity index (χ3n) is 2.18. The van der Waals surface area contributed by atoms with E-state index in [1.165, 1.54) is 36.4 Å². The molecule has 2 aromatic heterocycles. The van der Waals surface area contributed by atoms with E-state index in [-0.39, 0.29) is 16.3 Å². The van der Waals surface area contributed by atoms with Gasteiger partial charge in [-0.15, -0.1) is 0 Å². The van der Waals surface area contributed by atoms with E-state index in [1.807, 2.05) is 0 Å². The summed E-state index contributed by atoms with van der Waals surface area (Å²) >= 11 is 0. The molecule has 0 radical (unpaired) electrons. The second kappa shape index (κ2) is 4.74. The zero-order valence-electron chi connectivity index (χ0n) is 9.81. The monoisotopic (exact) mass is 282 g/mol.